The molecule has 24 heavy (non-hydrogen) atoms. The molecule has 0 unspecified atom stereocenters. The van der Waals surface area contributed by atoms with E-state index in [1.54, 1.807) is 22.3 Å². The fraction of sp³-hybridized carbons (Fsp3) is 0.625. The summed E-state index contributed by atoms with van der Waals surface area (Å²) >= 11 is 1.63. The molecule has 0 radical (unpaired) electrons. The first-order valence-corrected chi connectivity index (χ1v) is 9.31. The van der Waals surface area contributed by atoms with E-state index in [0.717, 1.165) is 44.8 Å². The molecule has 0 aromatic carbocycles. The van der Waals surface area contributed by atoms with E-state index in [2.05, 4.69) is 39.2 Å². The number of carbonyl (C=O) groups excluding carboxylic acids is 1. The van der Waals surface area contributed by atoms with Crippen LogP contribution in [0.25, 0.3) is 0 Å². The van der Waals surface area contributed by atoms with Crippen LogP contribution < -0.4 is 0 Å². The minimum absolute atomic E-state index is 0.144. The molecule has 0 saturated carbocycles. The highest BCUT2D eigenvalue weighted by atomic mass is 32.1. The lowest BCUT2D eigenvalue weighted by atomic mass is 10.0. The molecule has 1 saturated heterocycles. The number of nitrogens with zero attached hydrogens (tertiary/aromatic N) is 6. The van der Waals surface area contributed by atoms with Gasteiger partial charge in [-0.3, -0.25) is 9.69 Å². The molecule has 3 rings (SSSR count). The lowest BCUT2D eigenvalue weighted by Gasteiger charge is -2.28. The van der Waals surface area contributed by atoms with Gasteiger partial charge in [0.05, 0.1) is 11.2 Å². The molecule has 0 aliphatic carbocycles. The summed E-state index contributed by atoms with van der Waals surface area (Å²) in [5, 5.41) is 6.27. The van der Waals surface area contributed by atoms with Crippen LogP contribution in [0.5, 0.6) is 0 Å². The maximum Gasteiger partial charge on any atom is 0.247 e. The molecule has 3 heterocycles. The van der Waals surface area contributed by atoms with Crippen LogP contribution in [0, 0.1) is 5.92 Å². The van der Waals surface area contributed by atoms with Crippen LogP contribution in [0.2, 0.25) is 0 Å². The predicted octanol–water partition coefficient (Wildman–Crippen LogP) is 1.67. The highest BCUT2D eigenvalue weighted by molar-refractivity contribution is 7.07. The van der Waals surface area contributed by atoms with Crippen molar-refractivity contribution >= 4 is 17.2 Å². The van der Waals surface area contributed by atoms with Gasteiger partial charge in [0.15, 0.2) is 0 Å². The van der Waals surface area contributed by atoms with E-state index < -0.39 is 0 Å². The fourth-order valence-corrected chi connectivity index (χ4v) is 3.70. The summed E-state index contributed by atoms with van der Waals surface area (Å²) in [7, 11) is 0. The van der Waals surface area contributed by atoms with Gasteiger partial charge >= 0.3 is 0 Å². The van der Waals surface area contributed by atoms with Gasteiger partial charge in [-0.05, 0) is 12.3 Å². The summed E-state index contributed by atoms with van der Waals surface area (Å²) in [4.78, 5) is 25.7. The van der Waals surface area contributed by atoms with Crippen LogP contribution in [0.1, 0.15) is 32.0 Å². The van der Waals surface area contributed by atoms with Gasteiger partial charge < -0.3 is 4.90 Å². The SMILES string of the molecule is CC(C)[C@@H](C(=O)N1CCCN(Cc2cscn2)CC1)n1cncn1. The largest absolute Gasteiger partial charge is 0.340 e. The Morgan fingerprint density at radius 1 is 1.29 bits per heavy atom. The van der Waals surface area contributed by atoms with Crippen molar-refractivity contribution in [3.05, 3.63) is 29.2 Å². The average molecular weight is 348 g/mol. The van der Waals surface area contributed by atoms with E-state index in [4.69, 9.17) is 0 Å². The summed E-state index contributed by atoms with van der Waals surface area (Å²) in [6, 6.07) is -0.280. The first-order valence-electron chi connectivity index (χ1n) is 8.37. The van der Waals surface area contributed by atoms with Crippen LogP contribution in [-0.2, 0) is 11.3 Å². The molecular formula is C16H24N6OS. The molecule has 1 atom stereocenters. The van der Waals surface area contributed by atoms with E-state index in [0.29, 0.717) is 0 Å². The quantitative estimate of drug-likeness (QED) is 0.822. The van der Waals surface area contributed by atoms with Gasteiger partial charge in [0.25, 0.3) is 0 Å². The number of hydrogen-bond donors (Lipinski definition) is 0. The van der Waals surface area contributed by atoms with Gasteiger partial charge in [0, 0.05) is 38.1 Å². The smallest absolute Gasteiger partial charge is 0.247 e. The van der Waals surface area contributed by atoms with E-state index in [1.165, 1.54) is 6.33 Å². The molecule has 1 fully saturated rings. The third-order valence-corrected chi connectivity index (χ3v) is 5.01. The summed E-state index contributed by atoms with van der Waals surface area (Å²) in [5.74, 6) is 0.319. The minimum atomic E-state index is -0.280. The second kappa shape index (κ2) is 7.85. The zero-order chi connectivity index (χ0) is 16.9. The molecule has 8 heteroatoms. The van der Waals surface area contributed by atoms with Crippen molar-refractivity contribution < 1.29 is 4.79 Å². The van der Waals surface area contributed by atoms with E-state index >= 15 is 0 Å². The number of carbonyl (C=O) groups is 1. The van der Waals surface area contributed by atoms with Gasteiger partial charge in [-0.25, -0.2) is 14.6 Å². The van der Waals surface area contributed by atoms with Crippen LogP contribution in [0.3, 0.4) is 0 Å². The van der Waals surface area contributed by atoms with Crippen molar-refractivity contribution in [2.24, 2.45) is 5.92 Å². The Morgan fingerprint density at radius 3 is 2.83 bits per heavy atom. The van der Waals surface area contributed by atoms with Crippen molar-refractivity contribution in [1.29, 1.82) is 0 Å². The Labute approximate surface area is 146 Å². The van der Waals surface area contributed by atoms with Crippen LogP contribution in [-0.4, -0.2) is 61.6 Å². The second-order valence-corrected chi connectivity index (χ2v) is 7.22. The standard InChI is InChI=1S/C16H24N6OS/c1-13(2)15(22-11-17-10-19-22)16(23)21-5-3-4-20(6-7-21)8-14-9-24-12-18-14/h9-13,15H,3-8H2,1-2H3/t15-/m0/s1. The summed E-state index contributed by atoms with van der Waals surface area (Å²) in [6.45, 7) is 8.39. The van der Waals surface area contributed by atoms with Crippen molar-refractivity contribution in [2.45, 2.75) is 32.9 Å². The number of hydrogen-bond acceptors (Lipinski definition) is 6. The molecule has 1 aliphatic heterocycles. The molecule has 2 aromatic heterocycles. The highest BCUT2D eigenvalue weighted by Gasteiger charge is 2.30. The average Bonchev–Trinajstić information content (AvgIpc) is 3.19. The van der Waals surface area contributed by atoms with Gasteiger partial charge in [-0.2, -0.15) is 5.10 Å². The number of thiazole rings is 1. The predicted molar refractivity (Wildman–Crippen MR) is 92.5 cm³/mol. The Morgan fingerprint density at radius 2 is 2.17 bits per heavy atom. The topological polar surface area (TPSA) is 67.2 Å². The van der Waals surface area contributed by atoms with Gasteiger partial charge in [0.2, 0.25) is 5.91 Å². The van der Waals surface area contributed by atoms with Crippen LogP contribution in [0.15, 0.2) is 23.5 Å². The van der Waals surface area contributed by atoms with Crippen molar-refractivity contribution in [2.75, 3.05) is 26.2 Å². The molecule has 130 valence electrons. The van der Waals surface area contributed by atoms with E-state index in [-0.39, 0.29) is 17.9 Å². The molecular weight excluding hydrogens is 324 g/mol. The van der Waals surface area contributed by atoms with E-state index in [1.807, 2.05) is 10.4 Å². The summed E-state index contributed by atoms with van der Waals surface area (Å²) < 4.78 is 1.69. The Balaban J connectivity index is 1.63. The Kier molecular flexibility index (Phi) is 5.57. The lowest BCUT2D eigenvalue weighted by molar-refractivity contribution is -0.136. The maximum atomic E-state index is 13.0. The molecule has 1 aliphatic rings. The fourth-order valence-electron chi connectivity index (χ4n) is 3.15. The second-order valence-electron chi connectivity index (χ2n) is 6.50. The summed E-state index contributed by atoms with van der Waals surface area (Å²) in [6.07, 6.45) is 4.10. The molecule has 0 N–H and O–H groups in total. The number of aromatic nitrogens is 4. The molecule has 2 aromatic rings. The van der Waals surface area contributed by atoms with Crippen molar-refractivity contribution in [3.8, 4) is 0 Å². The third kappa shape index (κ3) is 3.99. The molecule has 0 spiro atoms. The Hall–Kier alpha value is -1.80. The highest BCUT2D eigenvalue weighted by Crippen LogP contribution is 2.20. The van der Waals surface area contributed by atoms with Gasteiger partial charge in [0.1, 0.15) is 18.7 Å². The van der Waals surface area contributed by atoms with Gasteiger partial charge in [-0.1, -0.05) is 13.8 Å². The third-order valence-electron chi connectivity index (χ3n) is 4.38. The number of amides is 1. The Bertz CT molecular complexity index is 627. The van der Waals surface area contributed by atoms with Gasteiger partial charge in [-0.15, -0.1) is 11.3 Å². The van der Waals surface area contributed by atoms with Crippen molar-refractivity contribution in [3.63, 3.8) is 0 Å². The molecule has 7 nitrogen and oxygen atoms in total. The molecule has 0 bridgehead atoms. The first-order chi connectivity index (χ1) is 11.6. The molecule has 1 amide bonds. The van der Waals surface area contributed by atoms with Crippen molar-refractivity contribution in [1.82, 2.24) is 29.5 Å². The lowest BCUT2D eigenvalue weighted by Crippen LogP contribution is -2.41. The summed E-state index contributed by atoms with van der Waals surface area (Å²) in [5.41, 5.74) is 2.98. The zero-order valence-electron chi connectivity index (χ0n) is 14.2. The normalized spacial score (nSPS) is 17.9. The first kappa shape index (κ1) is 17.0. The maximum absolute atomic E-state index is 13.0. The zero-order valence-corrected chi connectivity index (χ0v) is 15.0. The van der Waals surface area contributed by atoms with Crippen LogP contribution in [0.4, 0.5) is 0 Å². The minimum Gasteiger partial charge on any atom is -0.340 e. The van der Waals surface area contributed by atoms with Crippen LogP contribution >= 0.6 is 11.3 Å². The monoisotopic (exact) mass is 348 g/mol. The number of rotatable bonds is 5. The van der Waals surface area contributed by atoms with E-state index in [9.17, 15) is 4.79 Å².